The van der Waals surface area contributed by atoms with Gasteiger partial charge >= 0.3 is 0 Å². The summed E-state index contributed by atoms with van der Waals surface area (Å²) in [7, 11) is -0.207. The molecule has 1 aliphatic heterocycles. The molecule has 1 atom stereocenters. The van der Waals surface area contributed by atoms with Crippen LogP contribution in [0.3, 0.4) is 0 Å². The number of sulfonamides is 1. The molecule has 0 amide bonds. The van der Waals surface area contributed by atoms with Crippen molar-refractivity contribution in [2.75, 3.05) is 46.9 Å². The molecule has 9 heteroatoms. The monoisotopic (exact) mass is 429 g/mol. The fourth-order valence-corrected chi connectivity index (χ4v) is 5.36. The lowest BCUT2D eigenvalue weighted by Gasteiger charge is -2.38. The van der Waals surface area contributed by atoms with E-state index in [0.717, 1.165) is 31.7 Å². The first kappa shape index (κ1) is 20.6. The second-order valence-corrected chi connectivity index (χ2v) is 9.51. The third kappa shape index (κ3) is 5.01. The van der Waals surface area contributed by atoms with E-state index in [1.807, 2.05) is 5.38 Å². The van der Waals surface area contributed by atoms with Crippen LogP contribution in [0, 0.1) is 0 Å². The highest BCUT2D eigenvalue weighted by Crippen LogP contribution is 2.28. The van der Waals surface area contributed by atoms with Crippen LogP contribution in [0.2, 0.25) is 5.02 Å². The summed E-state index contributed by atoms with van der Waals surface area (Å²) in [4.78, 5) is 4.67. The number of nitrogens with one attached hydrogen (secondary N) is 1. The van der Waals surface area contributed by atoms with E-state index in [1.165, 1.54) is 13.2 Å². The minimum Gasteiger partial charge on any atom is -0.495 e. The van der Waals surface area contributed by atoms with Gasteiger partial charge in [-0.15, -0.1) is 0 Å². The molecule has 27 heavy (non-hydrogen) atoms. The van der Waals surface area contributed by atoms with Crippen molar-refractivity contribution in [3.8, 4) is 5.75 Å². The summed E-state index contributed by atoms with van der Waals surface area (Å²) < 4.78 is 33.8. The van der Waals surface area contributed by atoms with Crippen molar-refractivity contribution in [3.63, 3.8) is 0 Å². The number of rotatable bonds is 7. The Labute approximate surface area is 169 Å². The number of halogens is 1. The maximum absolute atomic E-state index is 12.9. The van der Waals surface area contributed by atoms with Crippen molar-refractivity contribution in [2.45, 2.75) is 10.9 Å². The third-order valence-corrected chi connectivity index (χ3v) is 7.17. The van der Waals surface area contributed by atoms with Crippen molar-refractivity contribution in [1.29, 1.82) is 0 Å². The molecule has 1 N–H and O–H groups in total. The molecular formula is C18H24ClN3O3S2. The zero-order valence-electron chi connectivity index (χ0n) is 15.4. The van der Waals surface area contributed by atoms with Gasteiger partial charge in [-0.1, -0.05) is 11.6 Å². The standard InChI is InChI=1S/C18H24ClN3O3S2/c1-21-6-8-22(9-7-21)16(14-5-10-26-13-14)12-20-27(23,24)18-11-15(19)3-4-17(18)25-2/h3-5,10-11,13,16,20H,6-9,12H2,1-2H3. The summed E-state index contributed by atoms with van der Waals surface area (Å²) in [5, 5.41) is 4.45. The molecule has 2 heterocycles. The molecule has 3 rings (SSSR count). The summed E-state index contributed by atoms with van der Waals surface area (Å²) in [6.07, 6.45) is 0. The number of likely N-dealkylation sites (N-methyl/N-ethyl adjacent to an activating group) is 1. The van der Waals surface area contributed by atoms with Crippen molar-refractivity contribution in [1.82, 2.24) is 14.5 Å². The summed E-state index contributed by atoms with van der Waals surface area (Å²) in [6.45, 7) is 4.03. The van der Waals surface area contributed by atoms with Gasteiger partial charge in [-0.3, -0.25) is 4.90 Å². The van der Waals surface area contributed by atoms with Crippen molar-refractivity contribution >= 4 is 33.0 Å². The number of benzene rings is 1. The Morgan fingerprint density at radius 3 is 2.63 bits per heavy atom. The van der Waals surface area contributed by atoms with Crippen LogP contribution in [0.15, 0.2) is 39.9 Å². The predicted molar refractivity (Wildman–Crippen MR) is 109 cm³/mol. The lowest BCUT2D eigenvalue weighted by molar-refractivity contribution is 0.113. The fraction of sp³-hybridized carbons (Fsp3) is 0.444. The predicted octanol–water partition coefficient (Wildman–Crippen LogP) is 2.68. The summed E-state index contributed by atoms with van der Waals surface area (Å²) >= 11 is 7.62. The van der Waals surface area contributed by atoms with Crippen LogP contribution in [0.1, 0.15) is 11.6 Å². The van der Waals surface area contributed by atoms with E-state index in [9.17, 15) is 8.42 Å². The van der Waals surface area contributed by atoms with Crippen LogP contribution in [-0.2, 0) is 10.0 Å². The van der Waals surface area contributed by atoms with Gasteiger partial charge in [0.2, 0.25) is 10.0 Å². The molecular weight excluding hydrogens is 406 g/mol. The fourth-order valence-electron chi connectivity index (χ4n) is 3.18. The van der Waals surface area contributed by atoms with Gasteiger partial charge in [-0.05, 0) is 47.6 Å². The lowest BCUT2D eigenvalue weighted by atomic mass is 10.1. The molecule has 1 saturated heterocycles. The SMILES string of the molecule is COc1ccc(Cl)cc1S(=O)(=O)NCC(c1ccsc1)N1CCN(C)CC1. The van der Waals surface area contributed by atoms with Crippen molar-refractivity contribution in [2.24, 2.45) is 0 Å². The third-order valence-electron chi connectivity index (χ3n) is 4.79. The molecule has 0 bridgehead atoms. The van der Waals surface area contributed by atoms with E-state index in [0.29, 0.717) is 11.6 Å². The van der Waals surface area contributed by atoms with Gasteiger partial charge in [0.05, 0.1) is 7.11 Å². The van der Waals surface area contributed by atoms with Gasteiger partial charge in [0.25, 0.3) is 0 Å². The first-order valence-electron chi connectivity index (χ1n) is 8.68. The van der Waals surface area contributed by atoms with Crippen LogP contribution in [0.4, 0.5) is 0 Å². The Morgan fingerprint density at radius 1 is 1.26 bits per heavy atom. The first-order valence-corrected chi connectivity index (χ1v) is 11.5. The molecule has 1 aliphatic rings. The molecule has 0 aliphatic carbocycles. The summed E-state index contributed by atoms with van der Waals surface area (Å²) in [5.41, 5.74) is 1.13. The number of nitrogens with zero attached hydrogens (tertiary/aromatic N) is 2. The largest absolute Gasteiger partial charge is 0.495 e. The molecule has 0 saturated carbocycles. The van der Waals surface area contributed by atoms with E-state index in [-0.39, 0.29) is 16.7 Å². The van der Waals surface area contributed by atoms with E-state index >= 15 is 0 Å². The molecule has 2 aromatic rings. The van der Waals surface area contributed by atoms with Crippen molar-refractivity contribution in [3.05, 3.63) is 45.6 Å². The smallest absolute Gasteiger partial charge is 0.244 e. The van der Waals surface area contributed by atoms with Crippen LogP contribution in [0.25, 0.3) is 0 Å². The Kier molecular flexibility index (Phi) is 6.78. The molecule has 148 valence electrons. The molecule has 1 fully saturated rings. The Morgan fingerprint density at radius 2 is 2.00 bits per heavy atom. The van der Waals surface area contributed by atoms with Crippen LogP contribution in [0.5, 0.6) is 5.75 Å². The number of thiophene rings is 1. The molecule has 0 radical (unpaired) electrons. The molecule has 1 unspecified atom stereocenters. The second kappa shape index (κ2) is 8.89. The Balaban J connectivity index is 1.80. The average molecular weight is 430 g/mol. The highest BCUT2D eigenvalue weighted by Gasteiger charge is 2.27. The Bertz CT molecular complexity index is 851. The van der Waals surface area contributed by atoms with E-state index < -0.39 is 10.0 Å². The minimum atomic E-state index is -3.75. The zero-order chi connectivity index (χ0) is 19.4. The minimum absolute atomic E-state index is 0.00935. The molecule has 1 aromatic heterocycles. The first-order chi connectivity index (χ1) is 12.9. The van der Waals surface area contributed by atoms with Gasteiger partial charge in [0.1, 0.15) is 10.6 Å². The lowest BCUT2D eigenvalue weighted by Crippen LogP contribution is -2.48. The number of methoxy groups -OCH3 is 1. The number of piperazine rings is 1. The number of hydrogen-bond acceptors (Lipinski definition) is 6. The zero-order valence-corrected chi connectivity index (χ0v) is 17.8. The topological polar surface area (TPSA) is 61.9 Å². The van der Waals surface area contributed by atoms with E-state index in [2.05, 4.69) is 33.0 Å². The normalized spacial score (nSPS) is 17.7. The van der Waals surface area contributed by atoms with Gasteiger partial charge < -0.3 is 9.64 Å². The number of ether oxygens (including phenoxy) is 1. The molecule has 0 spiro atoms. The number of hydrogen-bond donors (Lipinski definition) is 1. The molecule has 6 nitrogen and oxygen atoms in total. The summed E-state index contributed by atoms with van der Waals surface area (Å²) in [6, 6.07) is 6.64. The maximum Gasteiger partial charge on any atom is 0.244 e. The van der Waals surface area contributed by atoms with Crippen molar-refractivity contribution < 1.29 is 13.2 Å². The van der Waals surface area contributed by atoms with Crippen LogP contribution in [-0.4, -0.2) is 65.1 Å². The average Bonchev–Trinajstić information content (AvgIpc) is 3.17. The second-order valence-electron chi connectivity index (χ2n) is 6.56. The van der Waals surface area contributed by atoms with Gasteiger partial charge in [0.15, 0.2) is 0 Å². The van der Waals surface area contributed by atoms with E-state index in [4.69, 9.17) is 16.3 Å². The van der Waals surface area contributed by atoms with E-state index in [1.54, 1.807) is 23.5 Å². The quantitative estimate of drug-likeness (QED) is 0.733. The summed E-state index contributed by atoms with van der Waals surface area (Å²) in [5.74, 6) is 0.276. The molecule has 1 aromatic carbocycles. The highest BCUT2D eigenvalue weighted by molar-refractivity contribution is 7.89. The Hall–Kier alpha value is -1.16. The van der Waals surface area contributed by atoms with Gasteiger partial charge in [0, 0.05) is 43.8 Å². The van der Waals surface area contributed by atoms with Gasteiger partial charge in [-0.2, -0.15) is 11.3 Å². The van der Waals surface area contributed by atoms with Gasteiger partial charge in [-0.25, -0.2) is 13.1 Å². The van der Waals surface area contributed by atoms with Crippen LogP contribution >= 0.6 is 22.9 Å². The maximum atomic E-state index is 12.9. The van der Waals surface area contributed by atoms with Crippen LogP contribution < -0.4 is 9.46 Å². The highest BCUT2D eigenvalue weighted by atomic mass is 35.5.